The van der Waals surface area contributed by atoms with Crippen LogP contribution in [0.15, 0.2) is 4.42 Å². The monoisotopic (exact) mass is 308 g/mol. The van der Waals surface area contributed by atoms with E-state index in [1.54, 1.807) is 11.8 Å². The molecule has 0 aromatic carbocycles. The number of aliphatic carboxylic acids is 1. The molecule has 2 heterocycles. The second-order valence-electron chi connectivity index (χ2n) is 6.04. The van der Waals surface area contributed by atoms with Gasteiger partial charge in [0.2, 0.25) is 5.76 Å². The number of aryl methyl sites for hydroxylation is 2. The van der Waals surface area contributed by atoms with Crippen molar-refractivity contribution in [3.05, 3.63) is 17.3 Å². The van der Waals surface area contributed by atoms with Gasteiger partial charge >= 0.3 is 5.97 Å². The maximum absolute atomic E-state index is 12.7. The zero-order valence-corrected chi connectivity index (χ0v) is 13.5. The topological polar surface area (TPSA) is 83.6 Å². The molecule has 1 aliphatic heterocycles. The van der Waals surface area contributed by atoms with Crippen LogP contribution < -0.4 is 0 Å². The fraction of sp³-hybridized carbons (Fsp3) is 0.688. The SMILES string of the molecule is CCC[C@]1(C(=O)O)CCCN(C(=O)c2oc(CC)nc2C)C1. The number of amides is 1. The number of carbonyl (C=O) groups excluding carboxylic acids is 1. The van der Waals surface area contributed by atoms with Crippen molar-refractivity contribution in [2.45, 2.75) is 52.9 Å². The van der Waals surface area contributed by atoms with E-state index in [4.69, 9.17) is 4.42 Å². The summed E-state index contributed by atoms with van der Waals surface area (Å²) >= 11 is 0. The summed E-state index contributed by atoms with van der Waals surface area (Å²) in [6, 6.07) is 0. The van der Waals surface area contributed by atoms with Crippen LogP contribution in [0, 0.1) is 12.3 Å². The van der Waals surface area contributed by atoms with Crippen LogP contribution >= 0.6 is 0 Å². The summed E-state index contributed by atoms with van der Waals surface area (Å²) in [5.74, 6) is -0.271. The molecule has 0 bridgehead atoms. The molecule has 122 valence electrons. The van der Waals surface area contributed by atoms with E-state index in [1.807, 2.05) is 13.8 Å². The average Bonchev–Trinajstić information content (AvgIpc) is 2.88. The van der Waals surface area contributed by atoms with Gasteiger partial charge in [-0.25, -0.2) is 4.98 Å². The summed E-state index contributed by atoms with van der Waals surface area (Å²) in [4.78, 5) is 30.2. The van der Waals surface area contributed by atoms with Crippen molar-refractivity contribution in [3.63, 3.8) is 0 Å². The highest BCUT2D eigenvalue weighted by molar-refractivity contribution is 5.93. The number of carboxylic acids is 1. The Morgan fingerprint density at radius 2 is 2.14 bits per heavy atom. The van der Waals surface area contributed by atoms with Crippen LogP contribution in [-0.2, 0) is 11.2 Å². The van der Waals surface area contributed by atoms with E-state index in [0.717, 1.165) is 6.42 Å². The first-order valence-electron chi connectivity index (χ1n) is 7.92. The maximum Gasteiger partial charge on any atom is 0.311 e. The Morgan fingerprint density at radius 3 is 2.68 bits per heavy atom. The summed E-state index contributed by atoms with van der Waals surface area (Å²) < 4.78 is 5.52. The maximum atomic E-state index is 12.7. The lowest BCUT2D eigenvalue weighted by Gasteiger charge is -2.39. The molecule has 0 unspecified atom stereocenters. The van der Waals surface area contributed by atoms with Gasteiger partial charge in [-0.3, -0.25) is 9.59 Å². The Hall–Kier alpha value is -1.85. The molecule has 22 heavy (non-hydrogen) atoms. The molecule has 0 aliphatic carbocycles. The molecule has 6 nitrogen and oxygen atoms in total. The van der Waals surface area contributed by atoms with Gasteiger partial charge in [-0.2, -0.15) is 0 Å². The number of hydrogen-bond acceptors (Lipinski definition) is 4. The Bertz CT molecular complexity index is 562. The third-order valence-electron chi connectivity index (χ3n) is 4.38. The summed E-state index contributed by atoms with van der Waals surface area (Å²) in [5.41, 5.74) is -0.256. The minimum Gasteiger partial charge on any atom is -0.481 e. The first kappa shape index (κ1) is 16.5. The first-order valence-corrected chi connectivity index (χ1v) is 7.92. The molecule has 0 saturated carbocycles. The Morgan fingerprint density at radius 1 is 1.41 bits per heavy atom. The van der Waals surface area contributed by atoms with E-state index in [0.29, 0.717) is 43.8 Å². The van der Waals surface area contributed by atoms with Gasteiger partial charge in [-0.1, -0.05) is 20.3 Å². The molecule has 2 rings (SSSR count). The summed E-state index contributed by atoms with van der Waals surface area (Å²) in [6.07, 6.45) is 3.32. The number of rotatable bonds is 5. The fourth-order valence-electron chi connectivity index (χ4n) is 3.21. The van der Waals surface area contributed by atoms with Gasteiger partial charge in [0, 0.05) is 19.5 Å². The second-order valence-corrected chi connectivity index (χ2v) is 6.04. The van der Waals surface area contributed by atoms with E-state index in [2.05, 4.69) is 4.98 Å². The van der Waals surface area contributed by atoms with E-state index in [9.17, 15) is 14.7 Å². The molecule has 1 aromatic rings. The predicted octanol–water partition coefficient (Wildman–Crippen LogP) is 2.65. The average molecular weight is 308 g/mol. The van der Waals surface area contributed by atoms with Crippen LogP contribution in [0.2, 0.25) is 0 Å². The standard InChI is InChI=1S/C16H24N2O4/c1-4-7-16(15(20)21)8-6-9-18(10-16)14(19)13-11(3)17-12(5-2)22-13/h4-10H2,1-3H3,(H,20,21)/t16-/m0/s1. The van der Waals surface area contributed by atoms with Crippen molar-refractivity contribution in [2.75, 3.05) is 13.1 Å². The van der Waals surface area contributed by atoms with Crippen LogP contribution in [0.3, 0.4) is 0 Å². The van der Waals surface area contributed by atoms with Crippen LogP contribution in [0.4, 0.5) is 0 Å². The Labute approximate surface area is 130 Å². The number of likely N-dealkylation sites (tertiary alicyclic amines) is 1. The normalized spacial score (nSPS) is 21.9. The predicted molar refractivity (Wildman–Crippen MR) is 80.7 cm³/mol. The molecule has 1 amide bonds. The number of nitrogens with zero attached hydrogens (tertiary/aromatic N) is 2. The largest absolute Gasteiger partial charge is 0.481 e. The molecule has 1 atom stereocenters. The van der Waals surface area contributed by atoms with Crippen molar-refractivity contribution in [2.24, 2.45) is 5.41 Å². The zero-order chi connectivity index (χ0) is 16.3. The minimum absolute atomic E-state index is 0.244. The smallest absolute Gasteiger partial charge is 0.311 e. The lowest BCUT2D eigenvalue weighted by molar-refractivity contribution is -0.152. The van der Waals surface area contributed by atoms with Crippen molar-refractivity contribution >= 4 is 11.9 Å². The molecule has 1 aromatic heterocycles. The van der Waals surface area contributed by atoms with Gasteiger partial charge in [0.05, 0.1) is 11.1 Å². The van der Waals surface area contributed by atoms with Gasteiger partial charge in [0.25, 0.3) is 5.91 Å². The van der Waals surface area contributed by atoms with E-state index < -0.39 is 11.4 Å². The second kappa shape index (κ2) is 6.50. The number of hydrogen-bond donors (Lipinski definition) is 1. The van der Waals surface area contributed by atoms with Crippen molar-refractivity contribution < 1.29 is 19.1 Å². The zero-order valence-electron chi connectivity index (χ0n) is 13.5. The van der Waals surface area contributed by atoms with Gasteiger partial charge in [-0.05, 0) is 26.2 Å². The fourth-order valence-corrected chi connectivity index (χ4v) is 3.21. The highest BCUT2D eigenvalue weighted by Crippen LogP contribution is 2.35. The number of aromatic nitrogens is 1. The van der Waals surface area contributed by atoms with Crippen molar-refractivity contribution in [1.29, 1.82) is 0 Å². The van der Waals surface area contributed by atoms with Crippen LogP contribution in [0.5, 0.6) is 0 Å². The van der Waals surface area contributed by atoms with Crippen molar-refractivity contribution in [1.82, 2.24) is 9.88 Å². The third-order valence-corrected chi connectivity index (χ3v) is 4.38. The van der Waals surface area contributed by atoms with E-state index in [-0.39, 0.29) is 18.2 Å². The highest BCUT2D eigenvalue weighted by atomic mass is 16.4. The number of carboxylic acid groups (broad SMARTS) is 1. The summed E-state index contributed by atoms with van der Waals surface area (Å²) in [6.45, 7) is 6.45. The molecule has 6 heteroatoms. The minimum atomic E-state index is -0.829. The number of piperidine rings is 1. The summed E-state index contributed by atoms with van der Waals surface area (Å²) in [5, 5.41) is 9.61. The van der Waals surface area contributed by atoms with E-state index in [1.165, 1.54) is 0 Å². The Balaban J connectivity index is 2.22. The lowest BCUT2D eigenvalue weighted by atomic mass is 9.76. The molecule has 0 radical (unpaired) electrons. The van der Waals surface area contributed by atoms with Gasteiger partial charge in [0.15, 0.2) is 5.89 Å². The molecular formula is C16H24N2O4. The number of oxazole rings is 1. The van der Waals surface area contributed by atoms with Gasteiger partial charge in [0.1, 0.15) is 0 Å². The molecule has 1 saturated heterocycles. The van der Waals surface area contributed by atoms with E-state index >= 15 is 0 Å². The molecule has 1 aliphatic rings. The van der Waals surface area contributed by atoms with Crippen LogP contribution in [0.25, 0.3) is 0 Å². The molecule has 1 N–H and O–H groups in total. The Kier molecular flexibility index (Phi) is 4.88. The lowest BCUT2D eigenvalue weighted by Crippen LogP contribution is -2.50. The highest BCUT2D eigenvalue weighted by Gasteiger charge is 2.43. The molecule has 1 fully saturated rings. The quantitative estimate of drug-likeness (QED) is 0.904. The van der Waals surface area contributed by atoms with Gasteiger partial charge < -0.3 is 14.4 Å². The van der Waals surface area contributed by atoms with Crippen LogP contribution in [0.1, 0.15) is 61.7 Å². The van der Waals surface area contributed by atoms with Crippen molar-refractivity contribution in [3.8, 4) is 0 Å². The van der Waals surface area contributed by atoms with Gasteiger partial charge in [-0.15, -0.1) is 0 Å². The number of carbonyl (C=O) groups is 2. The first-order chi connectivity index (χ1) is 10.4. The summed E-state index contributed by atoms with van der Waals surface area (Å²) in [7, 11) is 0. The molecule has 0 spiro atoms. The van der Waals surface area contributed by atoms with Crippen LogP contribution in [-0.4, -0.2) is 40.0 Å². The third kappa shape index (κ3) is 3.00. The molecular weight excluding hydrogens is 284 g/mol.